The van der Waals surface area contributed by atoms with Gasteiger partial charge in [0.2, 0.25) is 11.5 Å². The number of tetrazole rings is 1. The van der Waals surface area contributed by atoms with E-state index in [1.807, 2.05) is 18.2 Å². The smallest absolute Gasteiger partial charge is 0.281 e. The van der Waals surface area contributed by atoms with Gasteiger partial charge in [0.05, 0.1) is 6.04 Å². The van der Waals surface area contributed by atoms with Crippen molar-refractivity contribution in [1.29, 1.82) is 0 Å². The van der Waals surface area contributed by atoms with E-state index in [-0.39, 0.29) is 29.4 Å². The average Bonchev–Trinajstić information content (AvgIpc) is 3.33. The first kappa shape index (κ1) is 29.5. The molecule has 1 aromatic heterocycles. The Balaban J connectivity index is 2.06. The molecule has 0 fully saturated rings. The molecule has 2 rings (SSSR count). The van der Waals surface area contributed by atoms with Crippen LogP contribution in [0.2, 0.25) is 0 Å². The van der Waals surface area contributed by atoms with Gasteiger partial charge in [-0.05, 0) is 41.5 Å². The van der Waals surface area contributed by atoms with E-state index in [1.54, 1.807) is 4.80 Å². The lowest BCUT2D eigenvalue weighted by molar-refractivity contribution is -0.110. The van der Waals surface area contributed by atoms with E-state index in [9.17, 15) is 4.79 Å². The fourth-order valence-corrected chi connectivity index (χ4v) is 4.34. The first-order valence-corrected chi connectivity index (χ1v) is 13.6. The van der Waals surface area contributed by atoms with Gasteiger partial charge in [0, 0.05) is 5.69 Å². The number of nitrogens with zero attached hydrogens (tertiary/aromatic N) is 5. The topological polar surface area (TPSA) is 94.3 Å². The molecule has 0 saturated carbocycles. The van der Waals surface area contributed by atoms with Gasteiger partial charge >= 0.3 is 0 Å². The van der Waals surface area contributed by atoms with E-state index in [2.05, 4.69) is 67.4 Å². The van der Waals surface area contributed by atoms with Crippen molar-refractivity contribution >= 4 is 17.3 Å². The molecule has 0 bridgehead atoms. The second kappa shape index (κ2) is 15.4. The quantitative estimate of drug-likeness (QED) is 0.153. The molecule has 1 aromatic carbocycles. The maximum atomic E-state index is 13.3. The summed E-state index contributed by atoms with van der Waals surface area (Å²) < 4.78 is 0. The van der Waals surface area contributed by atoms with Gasteiger partial charge in [-0.2, -0.15) is 4.80 Å². The van der Waals surface area contributed by atoms with Crippen molar-refractivity contribution in [1.82, 2.24) is 20.2 Å². The predicted molar refractivity (Wildman–Crippen MR) is 147 cm³/mol. The molecule has 0 saturated heterocycles. The SMILES string of the molecule is CCCCCCCCCCC(C)n1nnc(/C(=N/OC)C(=O)Nc2c(C(C)C)cccc2C(C)C)n1. The number of para-hydroxylation sites is 1. The van der Waals surface area contributed by atoms with Crippen LogP contribution in [0.1, 0.15) is 134 Å². The minimum absolute atomic E-state index is 0.0105. The van der Waals surface area contributed by atoms with Crippen LogP contribution in [-0.2, 0) is 9.63 Å². The highest BCUT2D eigenvalue weighted by atomic mass is 16.6. The van der Waals surface area contributed by atoms with Gasteiger partial charge in [-0.25, -0.2) is 0 Å². The summed E-state index contributed by atoms with van der Waals surface area (Å²) in [7, 11) is 1.41. The lowest BCUT2D eigenvalue weighted by Crippen LogP contribution is -2.27. The van der Waals surface area contributed by atoms with Crippen LogP contribution in [0, 0.1) is 0 Å². The number of carbonyl (C=O) groups excluding carboxylic acids is 1. The molecule has 8 heteroatoms. The van der Waals surface area contributed by atoms with Gasteiger partial charge in [-0.1, -0.05) is 109 Å². The zero-order valence-corrected chi connectivity index (χ0v) is 23.4. The highest BCUT2D eigenvalue weighted by Crippen LogP contribution is 2.32. The molecule has 0 radical (unpaired) electrons. The third-order valence-electron chi connectivity index (χ3n) is 6.52. The lowest BCUT2D eigenvalue weighted by Gasteiger charge is -2.20. The Labute approximate surface area is 217 Å². The number of oxime groups is 1. The zero-order chi connectivity index (χ0) is 26.5. The number of benzene rings is 1. The van der Waals surface area contributed by atoms with E-state index in [0.29, 0.717) is 0 Å². The van der Waals surface area contributed by atoms with Gasteiger partial charge in [0.1, 0.15) is 7.11 Å². The molecule has 1 heterocycles. The standard InChI is InChI=1S/C28H46N6O2/c1-8-9-10-11-12-13-14-15-17-22(6)34-31-27(30-33-34)26(32-36-7)28(35)29-25-23(20(2)3)18-16-19-24(25)21(4)5/h16,18-22H,8-15,17H2,1-7H3,(H,29,35)/b32-26-. The molecule has 0 spiro atoms. The lowest BCUT2D eigenvalue weighted by atomic mass is 9.92. The summed E-state index contributed by atoms with van der Waals surface area (Å²) in [5.74, 6) is 0.239. The first-order chi connectivity index (χ1) is 17.3. The maximum Gasteiger partial charge on any atom is 0.281 e. The molecule has 0 aliphatic heterocycles. The number of nitrogens with one attached hydrogen (secondary N) is 1. The Kier molecular flexibility index (Phi) is 12.6. The first-order valence-electron chi connectivity index (χ1n) is 13.6. The minimum Gasteiger partial charge on any atom is -0.398 e. The second-order valence-corrected chi connectivity index (χ2v) is 10.2. The van der Waals surface area contributed by atoms with Gasteiger partial charge in [-0.15, -0.1) is 10.2 Å². The molecular formula is C28H46N6O2. The van der Waals surface area contributed by atoms with Crippen molar-refractivity contribution < 1.29 is 9.63 Å². The van der Waals surface area contributed by atoms with Crippen LogP contribution < -0.4 is 5.32 Å². The van der Waals surface area contributed by atoms with Gasteiger partial charge < -0.3 is 10.2 Å². The fourth-order valence-electron chi connectivity index (χ4n) is 4.34. The van der Waals surface area contributed by atoms with E-state index in [1.165, 1.54) is 52.1 Å². The maximum absolute atomic E-state index is 13.3. The number of amides is 1. The highest BCUT2D eigenvalue weighted by Gasteiger charge is 2.24. The molecule has 8 nitrogen and oxygen atoms in total. The molecule has 36 heavy (non-hydrogen) atoms. The Hall–Kier alpha value is -2.77. The molecule has 200 valence electrons. The molecule has 1 amide bonds. The summed E-state index contributed by atoms with van der Waals surface area (Å²) >= 11 is 0. The number of anilines is 1. The Bertz CT molecular complexity index is 940. The van der Waals surface area contributed by atoms with Crippen LogP contribution >= 0.6 is 0 Å². The highest BCUT2D eigenvalue weighted by molar-refractivity contribution is 6.47. The van der Waals surface area contributed by atoms with E-state index in [4.69, 9.17) is 4.84 Å². The predicted octanol–water partition coefficient (Wildman–Crippen LogP) is 7.00. The van der Waals surface area contributed by atoms with E-state index >= 15 is 0 Å². The monoisotopic (exact) mass is 498 g/mol. The molecule has 1 unspecified atom stereocenters. The van der Waals surface area contributed by atoms with E-state index in [0.717, 1.165) is 29.7 Å². The summed E-state index contributed by atoms with van der Waals surface area (Å²) in [5.41, 5.74) is 2.96. The van der Waals surface area contributed by atoms with Gasteiger partial charge in [0.15, 0.2) is 0 Å². The van der Waals surface area contributed by atoms with E-state index < -0.39 is 5.91 Å². The number of hydrogen-bond acceptors (Lipinski definition) is 6. The number of unbranched alkanes of at least 4 members (excludes halogenated alkanes) is 7. The second-order valence-electron chi connectivity index (χ2n) is 10.2. The molecule has 1 atom stereocenters. The number of hydrogen-bond donors (Lipinski definition) is 1. The number of carbonyl (C=O) groups is 1. The van der Waals surface area contributed by atoms with Crippen molar-refractivity contribution in [2.45, 2.75) is 117 Å². The van der Waals surface area contributed by atoms with Crippen molar-refractivity contribution in [3.63, 3.8) is 0 Å². The summed E-state index contributed by atoms with van der Waals surface area (Å²) in [4.78, 5) is 19.9. The summed E-state index contributed by atoms with van der Waals surface area (Å²) in [6.45, 7) is 12.8. The normalized spacial score (nSPS) is 12.9. The Morgan fingerprint density at radius 3 is 2.11 bits per heavy atom. The van der Waals surface area contributed by atoms with Crippen LogP contribution in [0.5, 0.6) is 0 Å². The van der Waals surface area contributed by atoms with Crippen LogP contribution in [0.3, 0.4) is 0 Å². The van der Waals surface area contributed by atoms with Gasteiger partial charge in [-0.3, -0.25) is 4.79 Å². The zero-order valence-electron chi connectivity index (χ0n) is 23.4. The van der Waals surface area contributed by atoms with Gasteiger partial charge in [0.25, 0.3) is 5.91 Å². The average molecular weight is 499 g/mol. The minimum atomic E-state index is -0.415. The van der Waals surface area contributed by atoms with Crippen LogP contribution in [0.15, 0.2) is 23.4 Å². The largest absolute Gasteiger partial charge is 0.398 e. The Morgan fingerprint density at radius 1 is 0.972 bits per heavy atom. The molecule has 1 N–H and O–H groups in total. The summed E-state index contributed by atoms with van der Waals surface area (Å²) in [5, 5.41) is 19.8. The van der Waals surface area contributed by atoms with Crippen molar-refractivity contribution in [3.8, 4) is 0 Å². The molecular weight excluding hydrogens is 452 g/mol. The fraction of sp³-hybridized carbons (Fsp3) is 0.679. The van der Waals surface area contributed by atoms with Crippen LogP contribution in [0.25, 0.3) is 0 Å². The molecule has 0 aliphatic carbocycles. The van der Waals surface area contributed by atoms with Crippen molar-refractivity contribution in [2.75, 3.05) is 12.4 Å². The number of rotatable bonds is 16. The third-order valence-corrected chi connectivity index (χ3v) is 6.52. The third kappa shape index (κ3) is 8.71. The molecule has 0 aliphatic rings. The summed E-state index contributed by atoms with van der Waals surface area (Å²) in [6, 6.07) is 6.21. The Morgan fingerprint density at radius 2 is 1.56 bits per heavy atom. The summed E-state index contributed by atoms with van der Waals surface area (Å²) in [6.07, 6.45) is 11.2. The van der Waals surface area contributed by atoms with Crippen LogP contribution in [0.4, 0.5) is 5.69 Å². The number of aromatic nitrogens is 4. The molecule has 2 aromatic rings. The van der Waals surface area contributed by atoms with Crippen LogP contribution in [-0.4, -0.2) is 38.9 Å². The van der Waals surface area contributed by atoms with Crippen molar-refractivity contribution in [3.05, 3.63) is 35.2 Å². The van der Waals surface area contributed by atoms with Crippen molar-refractivity contribution in [2.24, 2.45) is 5.16 Å².